The first-order valence-corrected chi connectivity index (χ1v) is 19.8. The zero-order valence-corrected chi connectivity index (χ0v) is 32.4. The molecule has 49 heavy (non-hydrogen) atoms. The van der Waals surface area contributed by atoms with E-state index in [2.05, 4.69) is 136 Å². The fourth-order valence-electron chi connectivity index (χ4n) is 6.18. The van der Waals surface area contributed by atoms with E-state index in [9.17, 15) is 0 Å². The SMILES string of the molecule is Cc1cc(-c2[c-]cc(C#N)cc2)ncc1[Si](C)(C)C.Cc1cnc(-c2[c-]ccc3c2oc2cc(-c4ccccc4)ccc23)cc1C(C)C.[Ir]. The van der Waals surface area contributed by atoms with Crippen molar-refractivity contribution in [2.24, 2.45) is 0 Å². The van der Waals surface area contributed by atoms with Crippen molar-refractivity contribution in [2.45, 2.75) is 53.3 Å². The third kappa shape index (κ3) is 7.66. The predicted octanol–water partition coefficient (Wildman–Crippen LogP) is 10.8. The number of nitriles is 1. The van der Waals surface area contributed by atoms with Crippen LogP contribution in [-0.4, -0.2) is 18.0 Å². The Kier molecular flexibility index (Phi) is 10.8. The maximum atomic E-state index is 8.79. The van der Waals surface area contributed by atoms with Crippen LogP contribution in [0, 0.1) is 37.3 Å². The molecule has 0 aliphatic carbocycles. The number of nitrogens with zero attached hydrogens (tertiary/aromatic N) is 3. The first kappa shape index (κ1) is 35.6. The number of furan rings is 1. The number of hydrogen-bond acceptors (Lipinski definition) is 4. The Labute approximate surface area is 304 Å². The molecule has 7 aromatic rings. The number of pyridine rings is 2. The summed E-state index contributed by atoms with van der Waals surface area (Å²) in [5.41, 5.74) is 12.2. The van der Waals surface area contributed by atoms with Gasteiger partial charge in [-0.25, -0.2) is 5.26 Å². The molecule has 0 fully saturated rings. The molecule has 247 valence electrons. The molecule has 0 amide bonds. The summed E-state index contributed by atoms with van der Waals surface area (Å²) in [6.07, 6.45) is 3.95. The van der Waals surface area contributed by atoms with Gasteiger partial charge >= 0.3 is 0 Å². The van der Waals surface area contributed by atoms with Gasteiger partial charge in [-0.3, -0.25) is 0 Å². The topological polar surface area (TPSA) is 62.7 Å². The molecule has 0 saturated carbocycles. The van der Waals surface area contributed by atoms with Crippen molar-refractivity contribution in [2.75, 3.05) is 0 Å². The Morgan fingerprint density at radius 1 is 0.776 bits per heavy atom. The van der Waals surface area contributed by atoms with E-state index in [4.69, 9.17) is 9.68 Å². The molecule has 0 atom stereocenters. The summed E-state index contributed by atoms with van der Waals surface area (Å²) < 4.78 is 6.36. The molecular formula is C43H39IrN3OSi-2. The van der Waals surface area contributed by atoms with Gasteiger partial charge in [0, 0.05) is 44.0 Å². The van der Waals surface area contributed by atoms with Gasteiger partial charge in [0.15, 0.2) is 0 Å². The molecule has 0 unspecified atom stereocenters. The predicted molar refractivity (Wildman–Crippen MR) is 201 cm³/mol. The summed E-state index contributed by atoms with van der Waals surface area (Å²) in [4.78, 5) is 9.24. The molecule has 1 radical (unpaired) electrons. The van der Waals surface area contributed by atoms with Crippen LogP contribution in [0.1, 0.15) is 42.0 Å². The normalized spacial score (nSPS) is 11.2. The van der Waals surface area contributed by atoms with Gasteiger partial charge in [-0.15, -0.1) is 48.0 Å². The van der Waals surface area contributed by atoms with Gasteiger partial charge in [0.25, 0.3) is 0 Å². The minimum atomic E-state index is -1.33. The van der Waals surface area contributed by atoms with Crippen LogP contribution in [0.25, 0.3) is 55.6 Å². The molecule has 0 aliphatic rings. The molecule has 0 spiro atoms. The summed E-state index contributed by atoms with van der Waals surface area (Å²) in [7, 11) is -1.33. The van der Waals surface area contributed by atoms with E-state index in [1.54, 1.807) is 12.1 Å². The molecule has 3 heterocycles. The number of hydrogen-bond donors (Lipinski definition) is 0. The fraction of sp³-hybridized carbons (Fsp3) is 0.186. The summed E-state index contributed by atoms with van der Waals surface area (Å²) >= 11 is 0. The van der Waals surface area contributed by atoms with Crippen LogP contribution < -0.4 is 5.19 Å². The molecule has 3 aromatic heterocycles. The van der Waals surface area contributed by atoms with Crippen molar-refractivity contribution in [1.29, 1.82) is 5.26 Å². The van der Waals surface area contributed by atoms with Crippen LogP contribution in [0.15, 0.2) is 108 Å². The third-order valence-corrected chi connectivity index (χ3v) is 10.8. The van der Waals surface area contributed by atoms with Gasteiger partial charge in [0.1, 0.15) is 5.58 Å². The second kappa shape index (κ2) is 14.8. The summed E-state index contributed by atoms with van der Waals surface area (Å²) in [5, 5.41) is 12.4. The fourth-order valence-corrected chi connectivity index (χ4v) is 7.89. The van der Waals surface area contributed by atoms with E-state index in [1.807, 2.05) is 30.6 Å². The molecular weight excluding hydrogens is 795 g/mol. The van der Waals surface area contributed by atoms with Crippen LogP contribution in [0.2, 0.25) is 19.6 Å². The van der Waals surface area contributed by atoms with Gasteiger partial charge in [-0.05, 0) is 70.2 Å². The Balaban J connectivity index is 0.000000205. The second-order valence-corrected chi connectivity index (χ2v) is 18.6. The van der Waals surface area contributed by atoms with Crippen molar-refractivity contribution < 1.29 is 24.5 Å². The quantitative estimate of drug-likeness (QED) is 0.128. The van der Waals surface area contributed by atoms with Gasteiger partial charge in [0.05, 0.1) is 13.7 Å². The van der Waals surface area contributed by atoms with E-state index in [1.165, 1.54) is 27.4 Å². The summed E-state index contributed by atoms with van der Waals surface area (Å²) in [6.45, 7) is 15.6. The van der Waals surface area contributed by atoms with Crippen molar-refractivity contribution in [3.05, 3.63) is 138 Å². The first-order chi connectivity index (χ1) is 23.0. The van der Waals surface area contributed by atoms with Crippen molar-refractivity contribution in [3.8, 4) is 39.7 Å². The average Bonchev–Trinajstić information content (AvgIpc) is 3.47. The smallest absolute Gasteiger partial charge is 0.121 e. The van der Waals surface area contributed by atoms with Crippen LogP contribution >= 0.6 is 0 Å². The van der Waals surface area contributed by atoms with Crippen LogP contribution in [-0.2, 0) is 20.1 Å². The van der Waals surface area contributed by atoms with Crippen molar-refractivity contribution in [3.63, 3.8) is 0 Å². The van der Waals surface area contributed by atoms with Gasteiger partial charge in [-0.1, -0.05) is 105 Å². The largest absolute Gasteiger partial charge is 0.501 e. The Hall–Kier alpha value is -4.66. The average molecular weight is 834 g/mol. The van der Waals surface area contributed by atoms with Crippen LogP contribution in [0.3, 0.4) is 0 Å². The summed E-state index contributed by atoms with van der Waals surface area (Å²) in [6, 6.07) is 39.1. The molecule has 0 aliphatic heterocycles. The molecule has 7 rings (SSSR count). The third-order valence-electron chi connectivity index (χ3n) is 8.70. The molecule has 4 nitrogen and oxygen atoms in total. The van der Waals surface area contributed by atoms with Crippen molar-refractivity contribution >= 4 is 35.2 Å². The molecule has 4 aromatic carbocycles. The molecule has 0 bridgehead atoms. The minimum absolute atomic E-state index is 0. The zero-order chi connectivity index (χ0) is 34.0. The molecule has 0 saturated heterocycles. The van der Waals surface area contributed by atoms with Gasteiger partial charge < -0.3 is 14.4 Å². The molecule has 0 N–H and O–H groups in total. The van der Waals surface area contributed by atoms with Gasteiger partial charge in [0.2, 0.25) is 0 Å². The second-order valence-electron chi connectivity index (χ2n) is 13.6. The number of aryl methyl sites for hydroxylation is 2. The van der Waals surface area contributed by atoms with Crippen LogP contribution in [0.5, 0.6) is 0 Å². The monoisotopic (exact) mass is 834 g/mol. The number of rotatable bonds is 5. The molecule has 6 heteroatoms. The number of fused-ring (bicyclic) bond motifs is 3. The van der Waals surface area contributed by atoms with Crippen molar-refractivity contribution in [1.82, 2.24) is 9.97 Å². The van der Waals surface area contributed by atoms with E-state index in [0.29, 0.717) is 11.5 Å². The Morgan fingerprint density at radius 3 is 2.18 bits per heavy atom. The van der Waals surface area contributed by atoms with Crippen LogP contribution in [0.4, 0.5) is 0 Å². The maximum absolute atomic E-state index is 8.79. The van der Waals surface area contributed by atoms with E-state index in [-0.39, 0.29) is 20.1 Å². The Bertz CT molecular complexity index is 2280. The standard InChI is InChI=1S/C27H22NO.C16H17N2Si.Ir/c1-17(2)24-15-25(28-16-18(24)3)23-11-7-10-22-21-13-12-20(14-26(21)29-27(22)23)19-8-5-4-6-9-19;1-12-9-15(18-11-16(12)19(2,3)4)14-7-5-13(10-17)6-8-14;/h4-10,12-17H,1-3H3;5-7,9,11H,1-4H3;/q2*-1;. The van der Waals surface area contributed by atoms with Gasteiger partial charge in [-0.2, -0.15) is 0 Å². The number of benzene rings is 4. The zero-order valence-electron chi connectivity index (χ0n) is 29.0. The van der Waals surface area contributed by atoms with E-state index >= 15 is 0 Å². The summed E-state index contributed by atoms with van der Waals surface area (Å²) in [5.74, 6) is 0.444. The van der Waals surface area contributed by atoms with E-state index < -0.39 is 8.07 Å². The minimum Gasteiger partial charge on any atom is -0.501 e. The first-order valence-electron chi connectivity index (χ1n) is 16.3. The van der Waals surface area contributed by atoms with E-state index in [0.717, 1.165) is 50.0 Å². The Morgan fingerprint density at radius 2 is 1.53 bits per heavy atom. The maximum Gasteiger partial charge on any atom is 0.121 e. The number of aromatic nitrogens is 2.